The Labute approximate surface area is 190 Å². The summed E-state index contributed by atoms with van der Waals surface area (Å²) in [6, 6.07) is 7.62. The molecule has 2 aromatic rings. The third kappa shape index (κ3) is 3.89. The van der Waals surface area contributed by atoms with Crippen LogP contribution in [0, 0.1) is 5.82 Å². The van der Waals surface area contributed by atoms with Crippen molar-refractivity contribution in [1.82, 2.24) is 4.90 Å². The van der Waals surface area contributed by atoms with Crippen molar-refractivity contribution in [2.45, 2.75) is 38.3 Å². The average molecular weight is 461 g/mol. The molecule has 0 spiro atoms. The first-order chi connectivity index (χ1) is 15.2. The lowest BCUT2D eigenvalue weighted by Gasteiger charge is -2.42. The highest BCUT2D eigenvalue weighted by Crippen LogP contribution is 2.45. The Balaban J connectivity index is 1.58. The predicted molar refractivity (Wildman–Crippen MR) is 123 cm³/mol. The van der Waals surface area contributed by atoms with Gasteiger partial charge in [0.25, 0.3) is 0 Å². The number of hydrogen-bond donors (Lipinski definition) is 4. The van der Waals surface area contributed by atoms with E-state index < -0.39 is 11.5 Å². The second kappa shape index (κ2) is 8.60. The Morgan fingerprint density at radius 1 is 1.38 bits per heavy atom. The van der Waals surface area contributed by atoms with Crippen molar-refractivity contribution < 1.29 is 19.1 Å². The number of piperidine rings is 1. The minimum absolute atomic E-state index is 0.0194. The number of likely N-dealkylation sites (tertiary alicyclic amines) is 1. The third-order valence-electron chi connectivity index (χ3n) is 6.30. The zero-order valence-corrected chi connectivity index (χ0v) is 18.7. The molecule has 0 aromatic heterocycles. The van der Waals surface area contributed by atoms with E-state index >= 15 is 0 Å². The van der Waals surface area contributed by atoms with Crippen LogP contribution in [0.4, 0.5) is 21.5 Å². The van der Waals surface area contributed by atoms with Gasteiger partial charge < -0.3 is 21.1 Å². The number of benzene rings is 2. The number of anilines is 3. The predicted octanol–water partition coefficient (Wildman–Crippen LogP) is 4.35. The molecular weight excluding hydrogens is 435 g/mol. The van der Waals surface area contributed by atoms with Gasteiger partial charge in [0.1, 0.15) is 11.4 Å². The highest BCUT2D eigenvalue weighted by molar-refractivity contribution is 6.33. The van der Waals surface area contributed by atoms with E-state index in [2.05, 4.69) is 20.9 Å². The van der Waals surface area contributed by atoms with Crippen LogP contribution in [-0.4, -0.2) is 47.6 Å². The topological polar surface area (TPSA) is 93.7 Å². The molecular formula is C23H26ClFN4O3. The summed E-state index contributed by atoms with van der Waals surface area (Å²) in [4.78, 5) is 26.4. The molecule has 2 aliphatic rings. The number of carbonyl (C=O) groups excluding carboxylic acids is 1. The number of rotatable bonds is 6. The van der Waals surface area contributed by atoms with Gasteiger partial charge in [-0.2, -0.15) is 0 Å². The van der Waals surface area contributed by atoms with Crippen LogP contribution in [0.1, 0.15) is 42.6 Å². The highest BCUT2D eigenvalue weighted by Gasteiger charge is 2.49. The van der Waals surface area contributed by atoms with E-state index in [1.165, 1.54) is 18.2 Å². The lowest BCUT2D eigenvalue weighted by atomic mass is 9.88. The fourth-order valence-electron chi connectivity index (χ4n) is 4.64. The molecule has 0 unspecified atom stereocenters. The number of amides is 1. The monoisotopic (exact) mass is 460 g/mol. The molecule has 4 N–H and O–H groups in total. The number of halogens is 2. The number of carboxylic acids is 1. The summed E-state index contributed by atoms with van der Waals surface area (Å²) in [6.45, 7) is 5.64. The van der Waals surface area contributed by atoms with Crippen LogP contribution in [0.2, 0.25) is 5.02 Å². The second-order valence-corrected chi connectivity index (χ2v) is 8.77. The summed E-state index contributed by atoms with van der Waals surface area (Å²) in [7, 11) is 0. The summed E-state index contributed by atoms with van der Waals surface area (Å²) >= 11 is 6.10. The molecule has 2 atom stereocenters. The molecule has 1 amide bonds. The van der Waals surface area contributed by atoms with Gasteiger partial charge >= 0.3 is 5.97 Å². The number of fused-ring (bicyclic) bond motifs is 1. The molecule has 4 rings (SSSR count). The van der Waals surface area contributed by atoms with Crippen LogP contribution in [0.15, 0.2) is 30.3 Å². The maximum Gasteiger partial charge on any atom is 0.337 e. The van der Waals surface area contributed by atoms with Gasteiger partial charge in [-0.15, -0.1) is 0 Å². The van der Waals surface area contributed by atoms with Gasteiger partial charge in [0.2, 0.25) is 5.91 Å². The normalized spacial score (nSPS) is 22.9. The molecule has 2 aliphatic heterocycles. The first-order valence-corrected chi connectivity index (χ1v) is 11.1. The van der Waals surface area contributed by atoms with Crippen molar-refractivity contribution >= 4 is 40.5 Å². The van der Waals surface area contributed by atoms with E-state index in [9.17, 15) is 14.0 Å². The number of nitrogens with zero attached hydrogens (tertiary/aromatic N) is 1. The van der Waals surface area contributed by atoms with Gasteiger partial charge in [0.05, 0.1) is 22.0 Å². The number of nitrogens with one attached hydrogen (secondary N) is 3. The lowest BCUT2D eigenvalue weighted by Crippen LogP contribution is -2.55. The SMILES string of the molecule is CCNc1cc(F)cc2c1NC(=O)[C@@]2(C)N1CCC[C@@H](Nc2ccc(C(=O)O)c(Cl)c2)C1. The summed E-state index contributed by atoms with van der Waals surface area (Å²) in [5, 5.41) is 18.8. The fourth-order valence-corrected chi connectivity index (χ4v) is 4.90. The van der Waals surface area contributed by atoms with E-state index in [-0.39, 0.29) is 28.4 Å². The van der Waals surface area contributed by atoms with Crippen LogP contribution in [0.3, 0.4) is 0 Å². The molecule has 32 heavy (non-hydrogen) atoms. The third-order valence-corrected chi connectivity index (χ3v) is 6.61. The molecule has 9 heteroatoms. The summed E-state index contributed by atoms with van der Waals surface area (Å²) < 4.78 is 14.4. The molecule has 1 fully saturated rings. The summed E-state index contributed by atoms with van der Waals surface area (Å²) in [6.07, 6.45) is 1.73. The molecule has 1 saturated heterocycles. The molecule has 7 nitrogen and oxygen atoms in total. The van der Waals surface area contributed by atoms with Crippen molar-refractivity contribution in [1.29, 1.82) is 0 Å². The number of aromatic carboxylic acids is 1. The molecule has 0 bridgehead atoms. The van der Waals surface area contributed by atoms with E-state index in [0.717, 1.165) is 12.8 Å². The number of carbonyl (C=O) groups is 2. The zero-order valence-electron chi connectivity index (χ0n) is 18.0. The van der Waals surface area contributed by atoms with Crippen LogP contribution < -0.4 is 16.0 Å². The summed E-state index contributed by atoms with van der Waals surface area (Å²) in [5.74, 6) is -1.64. The minimum Gasteiger partial charge on any atom is -0.478 e. The zero-order chi connectivity index (χ0) is 23.0. The highest BCUT2D eigenvalue weighted by atomic mass is 35.5. The van der Waals surface area contributed by atoms with E-state index in [4.69, 9.17) is 16.7 Å². The number of hydrogen-bond acceptors (Lipinski definition) is 5. The smallest absolute Gasteiger partial charge is 0.337 e. The quantitative estimate of drug-likeness (QED) is 0.512. The van der Waals surface area contributed by atoms with Gasteiger partial charge in [-0.1, -0.05) is 11.6 Å². The van der Waals surface area contributed by atoms with Gasteiger partial charge in [-0.05, 0) is 63.6 Å². The first-order valence-electron chi connectivity index (χ1n) is 10.7. The van der Waals surface area contributed by atoms with Crippen LogP contribution in [0.5, 0.6) is 0 Å². The Bertz CT molecular complexity index is 1080. The average Bonchev–Trinajstić information content (AvgIpc) is 3.00. The molecule has 2 heterocycles. The number of carboxylic acid groups (broad SMARTS) is 1. The molecule has 0 aliphatic carbocycles. The largest absolute Gasteiger partial charge is 0.478 e. The van der Waals surface area contributed by atoms with Gasteiger partial charge in [0, 0.05) is 30.4 Å². The molecule has 170 valence electrons. The van der Waals surface area contributed by atoms with Gasteiger partial charge in [-0.3, -0.25) is 9.69 Å². The fraction of sp³-hybridized carbons (Fsp3) is 0.391. The van der Waals surface area contributed by atoms with Crippen molar-refractivity contribution in [3.63, 3.8) is 0 Å². The first kappa shape index (κ1) is 22.4. The van der Waals surface area contributed by atoms with Crippen molar-refractivity contribution in [3.8, 4) is 0 Å². The molecule has 2 aromatic carbocycles. The van der Waals surface area contributed by atoms with Crippen LogP contribution in [0.25, 0.3) is 0 Å². The Kier molecular flexibility index (Phi) is 6.01. The minimum atomic E-state index is -1.08. The Morgan fingerprint density at radius 2 is 2.16 bits per heavy atom. The molecule has 0 saturated carbocycles. The molecule has 0 radical (unpaired) electrons. The Hall–Kier alpha value is -2.84. The van der Waals surface area contributed by atoms with E-state index in [1.54, 1.807) is 12.1 Å². The lowest BCUT2D eigenvalue weighted by molar-refractivity contribution is -0.127. The maximum atomic E-state index is 14.4. The van der Waals surface area contributed by atoms with Crippen molar-refractivity contribution in [3.05, 3.63) is 52.3 Å². The standard InChI is InChI=1S/C23H26ClFN4O3/c1-3-26-19-10-13(25)9-17-20(19)28-22(32)23(17,2)29-8-4-5-15(12-29)27-14-6-7-16(21(30)31)18(24)11-14/h6-7,9-11,15,26-27H,3-5,8,12H2,1-2H3,(H,28,32)(H,30,31)/t15-,23+/m1/s1. The van der Waals surface area contributed by atoms with Crippen LogP contribution in [-0.2, 0) is 10.3 Å². The second-order valence-electron chi connectivity index (χ2n) is 8.36. The van der Waals surface area contributed by atoms with Crippen molar-refractivity contribution in [2.24, 2.45) is 0 Å². The van der Waals surface area contributed by atoms with Crippen molar-refractivity contribution in [2.75, 3.05) is 35.6 Å². The van der Waals surface area contributed by atoms with Gasteiger partial charge in [0.15, 0.2) is 0 Å². The van der Waals surface area contributed by atoms with E-state index in [1.807, 2.05) is 13.8 Å². The van der Waals surface area contributed by atoms with Gasteiger partial charge in [-0.25, -0.2) is 9.18 Å². The maximum absolute atomic E-state index is 14.4. The van der Waals surface area contributed by atoms with E-state index in [0.29, 0.717) is 42.3 Å². The summed E-state index contributed by atoms with van der Waals surface area (Å²) in [5.41, 5.74) is 1.62. The van der Waals surface area contributed by atoms with Crippen LogP contribution >= 0.6 is 11.6 Å². The Morgan fingerprint density at radius 3 is 2.84 bits per heavy atom.